The smallest absolute Gasteiger partial charge is 0.320 e. The van der Waals surface area contributed by atoms with Gasteiger partial charge in [-0.05, 0) is 72.9 Å². The second-order valence-electron chi connectivity index (χ2n) is 9.73. The summed E-state index contributed by atoms with van der Waals surface area (Å²) in [5, 5.41) is 22.6. The third kappa shape index (κ3) is 7.22. The molecule has 0 atom stereocenters. The lowest BCUT2D eigenvalue weighted by Crippen LogP contribution is -2.16. The SMILES string of the molecule is O=C(O)CC1CCC(c2ccc(NC(=O)c3nnc(Nc4cccc(OCc5ccccc5)c4)o3)cc2)CC1. The Balaban J connectivity index is 1.12. The van der Waals surface area contributed by atoms with E-state index >= 15 is 0 Å². The summed E-state index contributed by atoms with van der Waals surface area (Å²) in [7, 11) is 0. The molecule has 5 rings (SSSR count). The molecule has 200 valence electrons. The number of aromatic nitrogens is 2. The molecule has 9 heteroatoms. The summed E-state index contributed by atoms with van der Waals surface area (Å²) in [6.45, 7) is 0.448. The first-order chi connectivity index (χ1) is 19.0. The van der Waals surface area contributed by atoms with Crippen molar-refractivity contribution < 1.29 is 23.8 Å². The van der Waals surface area contributed by atoms with Gasteiger partial charge in [0.05, 0.1) is 0 Å². The summed E-state index contributed by atoms with van der Waals surface area (Å²) in [5.74, 6) is -0.0269. The molecule has 3 aromatic carbocycles. The Morgan fingerprint density at radius 3 is 2.41 bits per heavy atom. The Morgan fingerprint density at radius 1 is 0.897 bits per heavy atom. The van der Waals surface area contributed by atoms with Crippen LogP contribution in [0.5, 0.6) is 5.75 Å². The maximum absolute atomic E-state index is 12.7. The highest BCUT2D eigenvalue weighted by molar-refractivity contribution is 6.00. The molecular formula is C30H30N4O5. The number of nitrogens with one attached hydrogen (secondary N) is 2. The van der Waals surface area contributed by atoms with Crippen LogP contribution in [0.15, 0.2) is 83.3 Å². The van der Waals surface area contributed by atoms with Gasteiger partial charge in [-0.25, -0.2) is 0 Å². The number of aliphatic carboxylic acids is 1. The number of anilines is 3. The van der Waals surface area contributed by atoms with Crippen molar-refractivity contribution in [1.29, 1.82) is 0 Å². The van der Waals surface area contributed by atoms with Crippen LogP contribution >= 0.6 is 0 Å². The zero-order chi connectivity index (χ0) is 27.0. The number of amides is 1. The topological polar surface area (TPSA) is 127 Å². The van der Waals surface area contributed by atoms with Crippen molar-refractivity contribution in [2.45, 2.75) is 44.6 Å². The van der Waals surface area contributed by atoms with E-state index in [1.165, 1.54) is 5.56 Å². The number of hydrogen-bond donors (Lipinski definition) is 3. The lowest BCUT2D eigenvalue weighted by molar-refractivity contribution is -0.138. The fourth-order valence-electron chi connectivity index (χ4n) is 4.86. The molecule has 1 aliphatic rings. The van der Waals surface area contributed by atoms with Gasteiger partial charge in [0.2, 0.25) is 0 Å². The quantitative estimate of drug-likeness (QED) is 0.217. The summed E-state index contributed by atoms with van der Waals surface area (Å²) in [5.41, 5.74) is 3.57. The standard InChI is InChI=1S/C30H30N4O5/c35-27(36)17-20-9-11-22(12-10-20)23-13-15-24(16-14-23)31-28(37)29-33-34-30(39-29)32-25-7-4-8-26(18-25)38-19-21-5-2-1-3-6-21/h1-8,13-16,18,20,22H,9-12,17,19H2,(H,31,37)(H,32,34)(H,35,36). The number of carbonyl (C=O) groups is 2. The van der Waals surface area contributed by atoms with Crippen molar-refractivity contribution in [2.75, 3.05) is 10.6 Å². The van der Waals surface area contributed by atoms with Gasteiger partial charge >= 0.3 is 23.8 Å². The van der Waals surface area contributed by atoms with Gasteiger partial charge in [-0.1, -0.05) is 53.6 Å². The van der Waals surface area contributed by atoms with E-state index in [-0.39, 0.29) is 24.2 Å². The third-order valence-electron chi connectivity index (χ3n) is 6.90. The van der Waals surface area contributed by atoms with Crippen LogP contribution in [0.3, 0.4) is 0 Å². The first-order valence-electron chi connectivity index (χ1n) is 13.0. The Bertz CT molecular complexity index is 1400. The number of carboxylic acid groups (broad SMARTS) is 1. The maximum atomic E-state index is 12.7. The van der Waals surface area contributed by atoms with Gasteiger partial charge in [0.25, 0.3) is 0 Å². The molecule has 0 bridgehead atoms. The fourth-order valence-corrected chi connectivity index (χ4v) is 4.86. The molecule has 1 saturated carbocycles. The summed E-state index contributed by atoms with van der Waals surface area (Å²) in [6, 6.07) is 25.1. The average molecular weight is 527 g/mol. The van der Waals surface area contributed by atoms with Gasteiger partial charge in [0.15, 0.2) is 0 Å². The molecule has 1 fully saturated rings. The number of nitrogens with zero attached hydrogens (tertiary/aromatic N) is 2. The zero-order valence-corrected chi connectivity index (χ0v) is 21.4. The molecule has 1 aliphatic carbocycles. The van der Waals surface area contributed by atoms with Crippen molar-refractivity contribution in [3.63, 3.8) is 0 Å². The van der Waals surface area contributed by atoms with E-state index in [4.69, 9.17) is 14.3 Å². The minimum Gasteiger partial charge on any atom is -0.489 e. The zero-order valence-electron chi connectivity index (χ0n) is 21.4. The van der Waals surface area contributed by atoms with Crippen molar-refractivity contribution in [3.05, 3.63) is 95.9 Å². The second kappa shape index (κ2) is 12.3. The van der Waals surface area contributed by atoms with Crippen LogP contribution < -0.4 is 15.4 Å². The average Bonchev–Trinajstić information content (AvgIpc) is 3.42. The van der Waals surface area contributed by atoms with Crippen LogP contribution in [-0.2, 0) is 11.4 Å². The molecule has 0 spiro atoms. The molecule has 3 N–H and O–H groups in total. The Hall–Kier alpha value is -4.66. The highest BCUT2D eigenvalue weighted by Crippen LogP contribution is 2.37. The minimum atomic E-state index is -0.721. The molecule has 0 unspecified atom stereocenters. The van der Waals surface area contributed by atoms with Gasteiger partial charge in [-0.2, -0.15) is 0 Å². The van der Waals surface area contributed by atoms with Crippen molar-refractivity contribution in [3.8, 4) is 5.75 Å². The van der Waals surface area contributed by atoms with E-state index < -0.39 is 11.9 Å². The van der Waals surface area contributed by atoms with Crippen molar-refractivity contribution >= 4 is 29.3 Å². The fraction of sp³-hybridized carbons (Fsp3) is 0.267. The first-order valence-corrected chi connectivity index (χ1v) is 13.0. The summed E-state index contributed by atoms with van der Waals surface area (Å²) in [6.07, 6.45) is 4.05. The van der Waals surface area contributed by atoms with Crippen LogP contribution in [-0.4, -0.2) is 27.2 Å². The van der Waals surface area contributed by atoms with Crippen molar-refractivity contribution in [2.24, 2.45) is 5.92 Å². The lowest BCUT2D eigenvalue weighted by Gasteiger charge is -2.28. The van der Waals surface area contributed by atoms with E-state index in [1.807, 2.05) is 78.9 Å². The molecule has 1 aromatic heterocycles. The van der Waals surface area contributed by atoms with E-state index in [9.17, 15) is 9.59 Å². The number of ether oxygens (including phenoxy) is 1. The molecule has 4 aromatic rings. The molecule has 1 amide bonds. The molecular weight excluding hydrogens is 496 g/mol. The van der Waals surface area contributed by atoms with E-state index in [2.05, 4.69) is 20.8 Å². The van der Waals surface area contributed by atoms with Gasteiger partial charge in [0.1, 0.15) is 12.4 Å². The van der Waals surface area contributed by atoms with E-state index in [0.29, 0.717) is 29.6 Å². The maximum Gasteiger partial charge on any atom is 0.320 e. The minimum absolute atomic E-state index is 0.0919. The lowest BCUT2D eigenvalue weighted by atomic mass is 9.77. The second-order valence-corrected chi connectivity index (χ2v) is 9.73. The van der Waals surface area contributed by atoms with Crippen LogP contribution in [0, 0.1) is 5.92 Å². The molecule has 0 aliphatic heterocycles. The summed E-state index contributed by atoms with van der Waals surface area (Å²) >= 11 is 0. The molecule has 9 nitrogen and oxygen atoms in total. The van der Waals surface area contributed by atoms with E-state index in [0.717, 1.165) is 31.2 Å². The van der Waals surface area contributed by atoms with E-state index in [1.54, 1.807) is 0 Å². The van der Waals surface area contributed by atoms with Crippen LogP contribution in [0.25, 0.3) is 0 Å². The normalized spacial score (nSPS) is 16.8. The highest BCUT2D eigenvalue weighted by atomic mass is 16.5. The predicted molar refractivity (Wildman–Crippen MR) is 146 cm³/mol. The Labute approximate surface area is 226 Å². The number of rotatable bonds is 10. The van der Waals surface area contributed by atoms with Gasteiger partial charge in [-0.15, -0.1) is 5.10 Å². The first kappa shape index (κ1) is 26.0. The molecule has 0 radical (unpaired) electrons. The Kier molecular flexibility index (Phi) is 8.16. The number of carbonyl (C=O) groups excluding carboxylic acids is 1. The number of carboxylic acids is 1. The van der Waals surface area contributed by atoms with Gasteiger partial charge in [0, 0.05) is 23.9 Å². The number of benzene rings is 3. The molecule has 39 heavy (non-hydrogen) atoms. The van der Waals surface area contributed by atoms with Crippen LogP contribution in [0.4, 0.5) is 17.4 Å². The number of hydrogen-bond acceptors (Lipinski definition) is 7. The third-order valence-corrected chi connectivity index (χ3v) is 6.90. The monoisotopic (exact) mass is 526 g/mol. The summed E-state index contributed by atoms with van der Waals surface area (Å²) in [4.78, 5) is 23.6. The molecule has 0 saturated heterocycles. The summed E-state index contributed by atoms with van der Waals surface area (Å²) < 4.78 is 11.4. The van der Waals surface area contributed by atoms with Crippen molar-refractivity contribution in [1.82, 2.24) is 10.2 Å². The Morgan fingerprint density at radius 2 is 1.67 bits per heavy atom. The largest absolute Gasteiger partial charge is 0.489 e. The predicted octanol–water partition coefficient (Wildman–Crippen LogP) is 6.39. The van der Waals surface area contributed by atoms with Crippen LogP contribution in [0.2, 0.25) is 0 Å². The van der Waals surface area contributed by atoms with Gasteiger partial charge in [-0.3, -0.25) is 9.59 Å². The van der Waals surface area contributed by atoms with Crippen LogP contribution in [0.1, 0.15) is 59.8 Å². The highest BCUT2D eigenvalue weighted by Gasteiger charge is 2.24. The van der Waals surface area contributed by atoms with Gasteiger partial charge < -0.3 is 24.9 Å². The molecule has 1 heterocycles.